The van der Waals surface area contributed by atoms with Gasteiger partial charge in [0.15, 0.2) is 0 Å². The third kappa shape index (κ3) is 26.1. The Hall–Kier alpha value is -1.89. The fourth-order valence-electron chi connectivity index (χ4n) is 5.35. The first-order chi connectivity index (χ1) is 18.8. The average molecular weight is 555 g/mol. The van der Waals surface area contributed by atoms with Crippen molar-refractivity contribution in [1.29, 1.82) is 0 Å². The van der Waals surface area contributed by atoms with Crippen LogP contribution in [0.15, 0.2) is 12.2 Å². The van der Waals surface area contributed by atoms with Crippen LogP contribution < -0.4 is 0 Å². The molecule has 0 atom stereocenters. The van der Waals surface area contributed by atoms with Crippen molar-refractivity contribution < 1.29 is 34.2 Å². The van der Waals surface area contributed by atoms with Gasteiger partial charge in [-0.2, -0.15) is 0 Å². The van der Waals surface area contributed by atoms with Gasteiger partial charge < -0.3 is 19.8 Å². The van der Waals surface area contributed by atoms with Gasteiger partial charge in [0.2, 0.25) is 0 Å². The topological polar surface area (TPSA) is 112 Å². The molecule has 0 saturated heterocycles. The summed E-state index contributed by atoms with van der Waals surface area (Å²) in [4.78, 5) is 32.9. The van der Waals surface area contributed by atoms with Gasteiger partial charge in [-0.25, -0.2) is 0 Å². The maximum atomic E-state index is 11.0. The summed E-state index contributed by atoms with van der Waals surface area (Å²) in [7, 11) is 0. The van der Waals surface area contributed by atoms with Crippen molar-refractivity contribution in [2.24, 2.45) is 0 Å². The van der Waals surface area contributed by atoms with Gasteiger partial charge in [-0.05, 0) is 51.4 Å². The Bertz CT molecular complexity index is 594. The van der Waals surface area contributed by atoms with E-state index in [0.717, 1.165) is 62.8 Å². The summed E-state index contributed by atoms with van der Waals surface area (Å²) in [5.74, 6) is -2.33. The number of carbonyl (C=O) groups is 3. The van der Waals surface area contributed by atoms with Gasteiger partial charge in [0, 0.05) is 25.7 Å². The molecule has 0 unspecified atom stereocenters. The zero-order chi connectivity index (χ0) is 29.0. The molecule has 0 aliphatic rings. The Morgan fingerprint density at radius 2 is 0.821 bits per heavy atom. The molecule has 0 aromatic heterocycles. The SMILES string of the molecule is CCCCCCCCCCCCC/C=C/CC[N+](CCCCC(=O)O)(CCCCC(=O)O)CCCCC(=O)O. The van der Waals surface area contributed by atoms with E-state index in [4.69, 9.17) is 15.3 Å². The minimum Gasteiger partial charge on any atom is -0.481 e. The third-order valence-corrected chi connectivity index (χ3v) is 7.73. The van der Waals surface area contributed by atoms with Gasteiger partial charge in [-0.15, -0.1) is 0 Å². The smallest absolute Gasteiger partial charge is 0.303 e. The molecular formula is C32H60NO6+. The number of quaternary nitrogens is 1. The largest absolute Gasteiger partial charge is 0.481 e. The molecule has 0 amide bonds. The zero-order valence-corrected chi connectivity index (χ0v) is 25.1. The Kier molecular flexibility index (Phi) is 25.1. The van der Waals surface area contributed by atoms with Crippen molar-refractivity contribution in [1.82, 2.24) is 0 Å². The van der Waals surface area contributed by atoms with E-state index in [0.29, 0.717) is 19.3 Å². The highest BCUT2D eigenvalue weighted by atomic mass is 16.4. The molecule has 228 valence electrons. The Labute approximate surface area is 238 Å². The summed E-state index contributed by atoms with van der Waals surface area (Å²) >= 11 is 0. The molecule has 0 aromatic carbocycles. The first-order valence-electron chi connectivity index (χ1n) is 16.0. The molecule has 0 saturated carbocycles. The average Bonchev–Trinajstić information content (AvgIpc) is 2.89. The molecule has 7 nitrogen and oxygen atoms in total. The maximum absolute atomic E-state index is 11.0. The monoisotopic (exact) mass is 554 g/mol. The minimum absolute atomic E-state index is 0.164. The summed E-state index contributed by atoms with van der Waals surface area (Å²) in [6.07, 6.45) is 26.2. The number of hydrogen-bond donors (Lipinski definition) is 3. The molecular weight excluding hydrogens is 494 g/mol. The molecule has 39 heavy (non-hydrogen) atoms. The molecule has 0 spiro atoms. The van der Waals surface area contributed by atoms with Crippen LogP contribution in [0.5, 0.6) is 0 Å². The van der Waals surface area contributed by atoms with Crippen LogP contribution in [0.2, 0.25) is 0 Å². The molecule has 0 aliphatic carbocycles. The summed E-state index contributed by atoms with van der Waals surface area (Å²) < 4.78 is 0.821. The lowest BCUT2D eigenvalue weighted by Crippen LogP contribution is -2.50. The molecule has 0 bridgehead atoms. The molecule has 0 rings (SSSR count). The van der Waals surface area contributed by atoms with E-state index in [1.165, 1.54) is 70.6 Å². The van der Waals surface area contributed by atoms with Gasteiger partial charge in [0.1, 0.15) is 0 Å². The highest BCUT2D eigenvalue weighted by Gasteiger charge is 2.26. The number of carboxylic acids is 3. The molecule has 3 N–H and O–H groups in total. The first-order valence-corrected chi connectivity index (χ1v) is 16.0. The second-order valence-corrected chi connectivity index (χ2v) is 11.4. The predicted molar refractivity (Wildman–Crippen MR) is 159 cm³/mol. The van der Waals surface area contributed by atoms with E-state index < -0.39 is 17.9 Å². The van der Waals surface area contributed by atoms with Crippen molar-refractivity contribution >= 4 is 17.9 Å². The molecule has 0 aliphatic heterocycles. The van der Waals surface area contributed by atoms with Crippen molar-refractivity contribution in [2.75, 3.05) is 26.2 Å². The van der Waals surface area contributed by atoms with E-state index in [9.17, 15) is 14.4 Å². The van der Waals surface area contributed by atoms with Crippen LogP contribution in [0.25, 0.3) is 0 Å². The number of carboxylic acid groups (broad SMARTS) is 3. The Morgan fingerprint density at radius 3 is 1.21 bits per heavy atom. The molecule has 7 heteroatoms. The van der Waals surface area contributed by atoms with Gasteiger partial charge in [0.25, 0.3) is 0 Å². The van der Waals surface area contributed by atoms with Crippen molar-refractivity contribution in [3.63, 3.8) is 0 Å². The minimum atomic E-state index is -0.777. The Morgan fingerprint density at radius 1 is 0.462 bits per heavy atom. The standard InChI is InChI=1S/C32H59NO6/c1-2-3-4-5-6-7-8-9-10-11-12-13-14-15-19-26-33(27-20-16-23-30(34)35,28-21-17-24-31(36)37)29-22-18-25-32(38)39/h14-15H,2-13,16-29H2,1H3,(H2-,34,35,36,37,38,39)/p+1/b15-14+. The van der Waals surface area contributed by atoms with E-state index in [-0.39, 0.29) is 19.3 Å². The van der Waals surface area contributed by atoms with Gasteiger partial charge >= 0.3 is 17.9 Å². The van der Waals surface area contributed by atoms with Gasteiger partial charge in [0.05, 0.1) is 26.2 Å². The number of allylic oxidation sites excluding steroid dienone is 1. The number of unbranched alkanes of at least 4 members (excludes halogenated alkanes) is 14. The van der Waals surface area contributed by atoms with E-state index >= 15 is 0 Å². The van der Waals surface area contributed by atoms with Crippen molar-refractivity contribution in [3.05, 3.63) is 12.2 Å². The van der Waals surface area contributed by atoms with Crippen LogP contribution in [0.3, 0.4) is 0 Å². The second kappa shape index (κ2) is 26.3. The number of hydrogen-bond acceptors (Lipinski definition) is 3. The van der Waals surface area contributed by atoms with Crippen LogP contribution in [0.1, 0.15) is 148 Å². The number of rotatable bonds is 30. The summed E-state index contributed by atoms with van der Waals surface area (Å²) in [5.41, 5.74) is 0. The fourth-order valence-corrected chi connectivity index (χ4v) is 5.35. The Balaban J connectivity index is 4.57. The second-order valence-electron chi connectivity index (χ2n) is 11.4. The van der Waals surface area contributed by atoms with Crippen LogP contribution in [0.4, 0.5) is 0 Å². The quantitative estimate of drug-likeness (QED) is 0.0468. The molecule has 0 heterocycles. The van der Waals surface area contributed by atoms with Crippen molar-refractivity contribution in [3.8, 4) is 0 Å². The normalized spacial score (nSPS) is 11.8. The lowest BCUT2D eigenvalue weighted by atomic mass is 10.1. The van der Waals surface area contributed by atoms with Gasteiger partial charge in [-0.1, -0.05) is 83.3 Å². The summed E-state index contributed by atoms with van der Waals surface area (Å²) in [5, 5.41) is 27.1. The van der Waals surface area contributed by atoms with E-state index in [1.54, 1.807) is 0 Å². The van der Waals surface area contributed by atoms with Crippen LogP contribution in [0, 0.1) is 0 Å². The zero-order valence-electron chi connectivity index (χ0n) is 25.1. The third-order valence-electron chi connectivity index (χ3n) is 7.73. The maximum Gasteiger partial charge on any atom is 0.303 e. The molecule has 0 radical (unpaired) electrons. The summed E-state index contributed by atoms with van der Waals surface area (Å²) in [6, 6.07) is 0. The van der Waals surface area contributed by atoms with E-state index in [1.807, 2.05) is 0 Å². The highest BCUT2D eigenvalue weighted by Crippen LogP contribution is 2.18. The van der Waals surface area contributed by atoms with Crippen molar-refractivity contribution in [2.45, 2.75) is 148 Å². The molecule has 0 aromatic rings. The van der Waals surface area contributed by atoms with E-state index in [2.05, 4.69) is 19.1 Å². The lowest BCUT2D eigenvalue weighted by Gasteiger charge is -2.39. The number of aliphatic carboxylic acids is 3. The predicted octanol–water partition coefficient (Wildman–Crippen LogP) is 8.22. The molecule has 0 fully saturated rings. The highest BCUT2D eigenvalue weighted by molar-refractivity contribution is 5.67. The van der Waals surface area contributed by atoms with Gasteiger partial charge in [-0.3, -0.25) is 14.4 Å². The number of nitrogens with zero attached hydrogens (tertiary/aromatic N) is 1. The first kappa shape index (κ1) is 37.1. The lowest BCUT2D eigenvalue weighted by molar-refractivity contribution is -0.928. The fraction of sp³-hybridized carbons (Fsp3) is 0.844. The van der Waals surface area contributed by atoms with Crippen LogP contribution >= 0.6 is 0 Å². The van der Waals surface area contributed by atoms with Crippen LogP contribution in [-0.4, -0.2) is 63.9 Å². The summed E-state index contributed by atoms with van der Waals surface area (Å²) in [6.45, 7) is 5.78. The van der Waals surface area contributed by atoms with Crippen LogP contribution in [-0.2, 0) is 14.4 Å².